The molecule has 0 unspecified atom stereocenters. The Kier molecular flexibility index (Phi) is 4.57. The van der Waals surface area contributed by atoms with Crippen LogP contribution in [-0.2, 0) is 6.42 Å². The maximum absolute atomic E-state index is 5.86. The monoisotopic (exact) mass is 282 g/mol. The normalized spacial score (nSPS) is 20.7. The molecule has 1 saturated heterocycles. The third-order valence-electron chi connectivity index (χ3n) is 2.98. The zero-order valence-electron chi connectivity index (χ0n) is 10.9. The summed E-state index contributed by atoms with van der Waals surface area (Å²) in [6.45, 7) is 5.27. The zero-order valence-corrected chi connectivity index (χ0v) is 12.4. The van der Waals surface area contributed by atoms with E-state index in [1.807, 2.05) is 23.9 Å². The summed E-state index contributed by atoms with van der Waals surface area (Å²) in [5.41, 5.74) is 1.47. The first kappa shape index (κ1) is 13.8. The van der Waals surface area contributed by atoms with E-state index in [1.54, 1.807) is 0 Å². The Labute approximate surface area is 118 Å². The fourth-order valence-corrected chi connectivity index (χ4v) is 3.28. The molecule has 0 bridgehead atoms. The lowest BCUT2D eigenvalue weighted by Gasteiger charge is -2.32. The maximum Gasteiger partial charge on any atom is 0.156 e. The molecule has 1 aliphatic rings. The van der Waals surface area contributed by atoms with E-state index in [2.05, 4.69) is 36.3 Å². The van der Waals surface area contributed by atoms with Crippen molar-refractivity contribution in [2.75, 3.05) is 12.3 Å². The van der Waals surface area contributed by atoms with Crippen LogP contribution < -0.4 is 5.32 Å². The second kappa shape index (κ2) is 5.98. The van der Waals surface area contributed by atoms with Gasteiger partial charge in [0, 0.05) is 22.9 Å². The highest BCUT2D eigenvalue weighted by Gasteiger charge is 2.23. The quantitative estimate of drug-likeness (QED) is 0.913. The summed E-state index contributed by atoms with van der Waals surface area (Å²) in [7, 11) is 0. The highest BCUT2D eigenvalue weighted by atomic mass is 35.5. The summed E-state index contributed by atoms with van der Waals surface area (Å²) in [6.07, 6.45) is 2.15. The standard InChI is InChI=1S/C14H19ClN2S/c1-14(2)8-10-18-13(17-14)16-9-7-11-3-5-12(15)6-4-11/h3-6H,7-10H2,1-2H3,(H,16,17). The number of thioether (sulfide) groups is 1. The predicted octanol–water partition coefficient (Wildman–Crippen LogP) is 3.74. The molecule has 4 heteroatoms. The van der Waals surface area contributed by atoms with Crippen molar-refractivity contribution in [2.45, 2.75) is 32.2 Å². The molecule has 0 atom stereocenters. The van der Waals surface area contributed by atoms with E-state index in [0.717, 1.165) is 28.9 Å². The van der Waals surface area contributed by atoms with Gasteiger partial charge in [-0.2, -0.15) is 0 Å². The maximum atomic E-state index is 5.86. The molecule has 0 spiro atoms. The molecule has 0 aliphatic carbocycles. The molecule has 0 radical (unpaired) electrons. The van der Waals surface area contributed by atoms with Gasteiger partial charge in [-0.05, 0) is 44.4 Å². The second-order valence-electron chi connectivity index (χ2n) is 5.17. The van der Waals surface area contributed by atoms with Gasteiger partial charge in [0.2, 0.25) is 0 Å². The smallest absolute Gasteiger partial charge is 0.156 e. The summed E-state index contributed by atoms with van der Waals surface area (Å²) < 4.78 is 0. The first-order valence-corrected chi connectivity index (χ1v) is 7.61. The van der Waals surface area contributed by atoms with Crippen LogP contribution in [0.5, 0.6) is 0 Å². The van der Waals surface area contributed by atoms with E-state index >= 15 is 0 Å². The van der Waals surface area contributed by atoms with E-state index < -0.39 is 0 Å². The molecule has 0 amide bonds. The molecule has 98 valence electrons. The first-order chi connectivity index (χ1) is 8.55. The lowest BCUT2D eigenvalue weighted by molar-refractivity contribution is 0.446. The number of nitrogens with zero attached hydrogens (tertiary/aromatic N) is 1. The molecule has 1 aromatic carbocycles. The van der Waals surface area contributed by atoms with Crippen LogP contribution in [0.25, 0.3) is 0 Å². The first-order valence-electron chi connectivity index (χ1n) is 6.25. The molecular weight excluding hydrogens is 264 g/mol. The summed E-state index contributed by atoms with van der Waals surface area (Å²) in [5, 5.41) is 5.35. The van der Waals surface area contributed by atoms with Crippen LogP contribution >= 0.6 is 23.4 Å². The minimum Gasteiger partial charge on any atom is -0.360 e. The zero-order chi connectivity index (χ0) is 13.0. The fourth-order valence-electron chi connectivity index (χ4n) is 1.81. The van der Waals surface area contributed by atoms with Gasteiger partial charge in [0.25, 0.3) is 0 Å². The molecule has 1 aromatic rings. The highest BCUT2D eigenvalue weighted by molar-refractivity contribution is 8.13. The van der Waals surface area contributed by atoms with Crippen LogP contribution in [0.3, 0.4) is 0 Å². The minimum atomic E-state index is 0.185. The van der Waals surface area contributed by atoms with E-state index in [4.69, 9.17) is 11.6 Å². The van der Waals surface area contributed by atoms with E-state index in [-0.39, 0.29) is 5.54 Å². The van der Waals surface area contributed by atoms with Crippen molar-refractivity contribution in [2.24, 2.45) is 4.99 Å². The molecule has 1 N–H and O–H groups in total. The average Bonchev–Trinajstić information content (AvgIpc) is 2.30. The summed E-state index contributed by atoms with van der Waals surface area (Å²) in [5.74, 6) is 1.15. The second-order valence-corrected chi connectivity index (χ2v) is 6.69. The van der Waals surface area contributed by atoms with E-state index in [9.17, 15) is 0 Å². The minimum absolute atomic E-state index is 0.185. The lowest BCUT2D eigenvalue weighted by atomic mass is 10.0. The Morgan fingerprint density at radius 2 is 2.06 bits per heavy atom. The van der Waals surface area contributed by atoms with Gasteiger partial charge in [-0.3, -0.25) is 4.99 Å². The van der Waals surface area contributed by atoms with Crippen LogP contribution in [0.2, 0.25) is 5.02 Å². The summed E-state index contributed by atoms with van der Waals surface area (Å²) in [6, 6.07) is 7.99. The molecule has 0 saturated carbocycles. The van der Waals surface area contributed by atoms with Crippen LogP contribution in [0.1, 0.15) is 25.8 Å². The number of nitrogens with one attached hydrogen (secondary N) is 1. The fraction of sp³-hybridized carbons (Fsp3) is 0.500. The number of hydrogen-bond donors (Lipinski definition) is 1. The van der Waals surface area contributed by atoms with Gasteiger partial charge in [-0.1, -0.05) is 35.5 Å². The largest absolute Gasteiger partial charge is 0.360 e. The SMILES string of the molecule is CC1(C)CCSC(=NCCc2ccc(Cl)cc2)N1. The number of hydrogen-bond acceptors (Lipinski definition) is 2. The Morgan fingerprint density at radius 1 is 1.33 bits per heavy atom. The van der Waals surface area contributed by atoms with Gasteiger partial charge in [-0.15, -0.1) is 0 Å². The average molecular weight is 283 g/mol. The lowest BCUT2D eigenvalue weighted by Crippen LogP contribution is -2.46. The van der Waals surface area contributed by atoms with Gasteiger partial charge in [-0.25, -0.2) is 0 Å². The van der Waals surface area contributed by atoms with Crippen molar-refractivity contribution in [3.05, 3.63) is 34.9 Å². The van der Waals surface area contributed by atoms with E-state index in [1.165, 1.54) is 12.0 Å². The molecule has 1 fully saturated rings. The molecule has 1 heterocycles. The molecule has 18 heavy (non-hydrogen) atoms. The Bertz CT molecular complexity index is 426. The third-order valence-corrected chi connectivity index (χ3v) is 4.15. The third kappa shape index (κ3) is 4.21. The molecular formula is C14H19ClN2S. The van der Waals surface area contributed by atoms with Crippen molar-refractivity contribution >= 4 is 28.5 Å². The van der Waals surface area contributed by atoms with Crippen molar-refractivity contribution in [3.63, 3.8) is 0 Å². The van der Waals surface area contributed by atoms with Gasteiger partial charge in [0.05, 0.1) is 0 Å². The van der Waals surface area contributed by atoms with Crippen molar-refractivity contribution in [1.82, 2.24) is 5.32 Å². The van der Waals surface area contributed by atoms with E-state index in [0.29, 0.717) is 0 Å². The topological polar surface area (TPSA) is 24.4 Å². The predicted molar refractivity (Wildman–Crippen MR) is 81.7 cm³/mol. The number of benzene rings is 1. The van der Waals surface area contributed by atoms with Gasteiger partial charge in [0.1, 0.15) is 0 Å². The van der Waals surface area contributed by atoms with Crippen molar-refractivity contribution < 1.29 is 0 Å². The van der Waals surface area contributed by atoms with Crippen LogP contribution in [0.15, 0.2) is 29.3 Å². The number of rotatable bonds is 3. The molecule has 2 nitrogen and oxygen atoms in total. The Hall–Kier alpha value is -0.670. The van der Waals surface area contributed by atoms with Gasteiger partial charge >= 0.3 is 0 Å². The number of aliphatic imine (C=N–C) groups is 1. The summed E-state index contributed by atoms with van der Waals surface area (Å²) >= 11 is 7.68. The molecule has 1 aliphatic heterocycles. The van der Waals surface area contributed by atoms with Crippen LogP contribution in [-0.4, -0.2) is 23.0 Å². The highest BCUT2D eigenvalue weighted by Crippen LogP contribution is 2.21. The number of amidine groups is 1. The van der Waals surface area contributed by atoms with Crippen LogP contribution in [0.4, 0.5) is 0 Å². The molecule has 2 rings (SSSR count). The Balaban J connectivity index is 1.85. The van der Waals surface area contributed by atoms with Crippen molar-refractivity contribution in [1.29, 1.82) is 0 Å². The summed E-state index contributed by atoms with van der Waals surface area (Å²) in [4.78, 5) is 4.63. The van der Waals surface area contributed by atoms with Crippen LogP contribution in [0, 0.1) is 0 Å². The van der Waals surface area contributed by atoms with Gasteiger partial charge in [0.15, 0.2) is 5.17 Å². The van der Waals surface area contributed by atoms with Gasteiger partial charge < -0.3 is 5.32 Å². The molecule has 0 aromatic heterocycles. The number of halogens is 1. The van der Waals surface area contributed by atoms with Crippen molar-refractivity contribution in [3.8, 4) is 0 Å². The Morgan fingerprint density at radius 3 is 2.72 bits per heavy atom.